The van der Waals surface area contributed by atoms with Crippen molar-refractivity contribution in [3.8, 4) is 5.69 Å². The first kappa shape index (κ1) is 25.1. The Morgan fingerprint density at radius 1 is 0.568 bits per heavy atom. The molecule has 1 N–H and O–H groups in total. The van der Waals surface area contributed by atoms with Gasteiger partial charge in [0.1, 0.15) is 5.84 Å². The summed E-state index contributed by atoms with van der Waals surface area (Å²) in [5.74, 6) is 0.877. The third-order valence-corrected chi connectivity index (χ3v) is 9.90. The van der Waals surface area contributed by atoms with Gasteiger partial charge < -0.3 is 9.88 Å². The summed E-state index contributed by atoms with van der Waals surface area (Å²) in [6.45, 7) is 0. The summed E-state index contributed by atoms with van der Waals surface area (Å²) in [4.78, 5) is 5.11. The molecule has 0 fully saturated rings. The number of amidine groups is 1. The quantitative estimate of drug-likeness (QED) is 0.220. The number of nitrogens with one attached hydrogen (secondary N) is 1. The van der Waals surface area contributed by atoms with E-state index in [1.807, 2.05) is 17.4 Å². The van der Waals surface area contributed by atoms with E-state index in [1.54, 1.807) is 0 Å². The van der Waals surface area contributed by atoms with Gasteiger partial charge >= 0.3 is 0 Å². The molecule has 0 radical (unpaired) electrons. The number of aliphatic imine (C=N–C) groups is 1. The van der Waals surface area contributed by atoms with E-state index in [0.29, 0.717) is 0 Å². The summed E-state index contributed by atoms with van der Waals surface area (Å²) in [6, 6.07) is 51.9. The highest BCUT2D eigenvalue weighted by molar-refractivity contribution is 7.27. The number of nitrogens with zero attached hydrogens (tertiary/aromatic N) is 2. The fourth-order valence-electron chi connectivity index (χ4n) is 6.53. The Kier molecular flexibility index (Phi) is 5.75. The molecule has 1 atom stereocenters. The highest BCUT2D eigenvalue weighted by atomic mass is 32.1. The summed E-state index contributed by atoms with van der Waals surface area (Å²) in [5.41, 5.74) is 8.00. The van der Waals surface area contributed by atoms with E-state index < -0.39 is 0 Å². The van der Waals surface area contributed by atoms with E-state index in [2.05, 4.69) is 155 Å². The van der Waals surface area contributed by atoms with Crippen LogP contribution >= 0.6 is 11.3 Å². The number of benzene rings is 6. The smallest absolute Gasteiger partial charge is 0.134 e. The molecule has 0 bridgehead atoms. The van der Waals surface area contributed by atoms with Crippen LogP contribution in [0.4, 0.5) is 0 Å². The molecule has 9 rings (SSSR count). The maximum atomic E-state index is 5.11. The van der Waals surface area contributed by atoms with Gasteiger partial charge in [-0.15, -0.1) is 11.3 Å². The van der Waals surface area contributed by atoms with Crippen LogP contribution in [0.1, 0.15) is 22.7 Å². The van der Waals surface area contributed by atoms with Gasteiger partial charge in [-0.05, 0) is 58.3 Å². The predicted molar refractivity (Wildman–Crippen MR) is 187 cm³/mol. The monoisotopic (exact) mass is 581 g/mol. The van der Waals surface area contributed by atoms with Crippen molar-refractivity contribution in [2.45, 2.75) is 6.04 Å². The number of thiophene rings is 1. The van der Waals surface area contributed by atoms with Crippen LogP contribution in [0.15, 0.2) is 157 Å². The van der Waals surface area contributed by atoms with E-state index in [1.165, 1.54) is 47.5 Å². The number of para-hydroxylation sites is 1. The number of rotatable bonds is 4. The molecular weight excluding hydrogens is 555 g/mol. The number of aromatic nitrogens is 1. The Morgan fingerprint density at radius 2 is 1.27 bits per heavy atom. The highest BCUT2D eigenvalue weighted by Gasteiger charge is 2.21. The lowest BCUT2D eigenvalue weighted by atomic mass is 10.0. The molecule has 0 spiro atoms. The van der Waals surface area contributed by atoms with Crippen LogP contribution in [0.3, 0.4) is 0 Å². The minimum Gasteiger partial charge on any atom is -0.359 e. The Bertz CT molecular complexity index is 2400. The minimum absolute atomic E-state index is 0.0265. The zero-order valence-corrected chi connectivity index (χ0v) is 24.6. The van der Waals surface area contributed by atoms with Gasteiger partial charge in [0, 0.05) is 26.7 Å². The lowest BCUT2D eigenvalue weighted by molar-refractivity contribution is 0.781. The van der Waals surface area contributed by atoms with Crippen molar-refractivity contribution >= 4 is 64.8 Å². The molecule has 8 aromatic rings. The van der Waals surface area contributed by atoms with Crippen molar-refractivity contribution in [3.63, 3.8) is 0 Å². The predicted octanol–water partition coefficient (Wildman–Crippen LogP) is 10.3. The molecule has 0 aliphatic carbocycles. The van der Waals surface area contributed by atoms with Crippen molar-refractivity contribution in [2.24, 2.45) is 4.99 Å². The molecule has 208 valence electrons. The van der Waals surface area contributed by atoms with Gasteiger partial charge in [0.15, 0.2) is 0 Å². The van der Waals surface area contributed by atoms with Crippen molar-refractivity contribution < 1.29 is 0 Å². The summed E-state index contributed by atoms with van der Waals surface area (Å²) < 4.78 is 5.11. The van der Waals surface area contributed by atoms with Crippen LogP contribution in [0.5, 0.6) is 0 Å². The highest BCUT2D eigenvalue weighted by Crippen LogP contribution is 2.44. The Morgan fingerprint density at radius 3 is 2.09 bits per heavy atom. The Balaban J connectivity index is 1.18. The largest absolute Gasteiger partial charge is 0.359 e. The molecule has 44 heavy (non-hydrogen) atoms. The van der Waals surface area contributed by atoms with Gasteiger partial charge in [0.25, 0.3) is 0 Å². The van der Waals surface area contributed by atoms with Crippen LogP contribution in [-0.4, -0.2) is 10.4 Å². The lowest BCUT2D eigenvalue weighted by Crippen LogP contribution is -2.31. The molecule has 0 amide bonds. The second-order valence-electron chi connectivity index (χ2n) is 11.3. The van der Waals surface area contributed by atoms with E-state index in [-0.39, 0.29) is 6.04 Å². The molecule has 4 heteroatoms. The van der Waals surface area contributed by atoms with E-state index >= 15 is 0 Å². The molecule has 3 heterocycles. The second-order valence-corrected chi connectivity index (χ2v) is 12.3. The van der Waals surface area contributed by atoms with Crippen LogP contribution in [-0.2, 0) is 0 Å². The topological polar surface area (TPSA) is 29.3 Å². The number of hydrogen-bond acceptors (Lipinski definition) is 3. The van der Waals surface area contributed by atoms with Crippen LogP contribution in [0.25, 0.3) is 53.4 Å². The summed E-state index contributed by atoms with van der Waals surface area (Å²) in [6.07, 6.45) is 2.22. The molecule has 0 saturated heterocycles. The molecule has 1 unspecified atom stereocenters. The molecule has 1 aliphatic heterocycles. The third-order valence-electron chi connectivity index (χ3n) is 8.64. The van der Waals surface area contributed by atoms with Crippen molar-refractivity contribution in [1.82, 2.24) is 9.88 Å². The minimum atomic E-state index is 0.0265. The number of fused-ring (bicyclic) bond motifs is 7. The van der Waals surface area contributed by atoms with Crippen molar-refractivity contribution in [3.05, 3.63) is 168 Å². The summed E-state index contributed by atoms with van der Waals surface area (Å²) in [5, 5.41) is 8.89. The van der Waals surface area contributed by atoms with Gasteiger partial charge in [-0.25, -0.2) is 4.99 Å². The average molecular weight is 582 g/mol. The molecular formula is C40H27N3S. The summed E-state index contributed by atoms with van der Waals surface area (Å²) in [7, 11) is 0. The Labute approximate surface area is 259 Å². The molecule has 0 saturated carbocycles. The maximum absolute atomic E-state index is 5.11. The average Bonchev–Trinajstić information content (AvgIpc) is 3.64. The van der Waals surface area contributed by atoms with Crippen LogP contribution in [0, 0.1) is 0 Å². The van der Waals surface area contributed by atoms with Crippen molar-refractivity contribution in [1.29, 1.82) is 0 Å². The number of hydrogen-bond donors (Lipinski definition) is 1. The molecule has 6 aromatic carbocycles. The zero-order valence-electron chi connectivity index (χ0n) is 23.8. The first-order valence-corrected chi connectivity index (χ1v) is 15.8. The van der Waals surface area contributed by atoms with Crippen LogP contribution in [0.2, 0.25) is 0 Å². The van der Waals surface area contributed by atoms with E-state index in [0.717, 1.165) is 28.3 Å². The maximum Gasteiger partial charge on any atom is 0.134 e. The lowest BCUT2D eigenvalue weighted by Gasteiger charge is -2.24. The first-order chi connectivity index (χ1) is 21.8. The summed E-state index contributed by atoms with van der Waals surface area (Å²) >= 11 is 1.90. The standard InChI is InChI=1S/C40H27N3S/c1-3-12-27(13-4-1)34-25-35(28-14-5-2-6-15-28)42-40(41-34)29-19-22-30(23-20-29)43-36-18-10-9-17-32(36)39-37(43)33-24-21-26-11-7-8-16-31(26)38(33)44-39/h1-25,34H,(H,41,42). The van der Waals surface area contributed by atoms with E-state index in [9.17, 15) is 0 Å². The molecule has 3 nitrogen and oxygen atoms in total. The van der Waals surface area contributed by atoms with E-state index in [4.69, 9.17) is 4.99 Å². The normalized spacial score (nSPS) is 15.0. The van der Waals surface area contributed by atoms with Gasteiger partial charge in [-0.3, -0.25) is 0 Å². The van der Waals surface area contributed by atoms with Crippen molar-refractivity contribution in [2.75, 3.05) is 0 Å². The first-order valence-electron chi connectivity index (χ1n) is 14.9. The molecule has 1 aliphatic rings. The van der Waals surface area contributed by atoms with Gasteiger partial charge in [-0.2, -0.15) is 0 Å². The van der Waals surface area contributed by atoms with Crippen LogP contribution < -0.4 is 5.32 Å². The van der Waals surface area contributed by atoms with Gasteiger partial charge in [0.05, 0.1) is 27.5 Å². The van der Waals surface area contributed by atoms with Gasteiger partial charge in [-0.1, -0.05) is 115 Å². The Hall–Kier alpha value is -5.45. The fourth-order valence-corrected chi connectivity index (χ4v) is 7.88. The fraction of sp³-hybridized carbons (Fsp3) is 0.0250. The zero-order chi connectivity index (χ0) is 29.0. The molecule has 2 aromatic heterocycles. The third kappa shape index (κ3) is 3.99. The second kappa shape index (κ2) is 10.1. The van der Waals surface area contributed by atoms with Gasteiger partial charge in [0.2, 0.25) is 0 Å². The SMILES string of the molecule is C1=C(c2ccccc2)N=C(c2ccc(-n3c4ccccc4c4sc5c6ccccc6ccc5c43)cc2)NC1c1ccccc1.